The van der Waals surface area contributed by atoms with Gasteiger partial charge in [-0.15, -0.1) is 0 Å². The molecule has 0 fully saturated rings. The SMILES string of the molecule is Cc1cc(Cl)c([N+](=O)[O-])c(CN)c1. The highest BCUT2D eigenvalue weighted by Crippen LogP contribution is 2.29. The Hall–Kier alpha value is -1.13. The summed E-state index contributed by atoms with van der Waals surface area (Å²) < 4.78 is 0. The van der Waals surface area contributed by atoms with Crippen molar-refractivity contribution >= 4 is 17.3 Å². The van der Waals surface area contributed by atoms with E-state index >= 15 is 0 Å². The summed E-state index contributed by atoms with van der Waals surface area (Å²) in [6, 6.07) is 3.23. The van der Waals surface area contributed by atoms with Gasteiger partial charge >= 0.3 is 0 Å². The predicted octanol–water partition coefficient (Wildman–Crippen LogP) is 2.02. The topological polar surface area (TPSA) is 69.2 Å². The molecule has 0 spiro atoms. The number of nitro groups is 1. The quantitative estimate of drug-likeness (QED) is 0.587. The number of nitrogens with two attached hydrogens (primary N) is 1. The van der Waals surface area contributed by atoms with E-state index in [1.165, 1.54) is 0 Å². The number of benzene rings is 1. The molecule has 0 amide bonds. The van der Waals surface area contributed by atoms with Gasteiger partial charge in [0.15, 0.2) is 0 Å². The van der Waals surface area contributed by atoms with Crippen LogP contribution in [0.3, 0.4) is 0 Å². The summed E-state index contributed by atoms with van der Waals surface area (Å²) in [7, 11) is 0. The molecule has 70 valence electrons. The van der Waals surface area contributed by atoms with Gasteiger partial charge in [-0.3, -0.25) is 10.1 Å². The Morgan fingerprint density at radius 1 is 1.62 bits per heavy atom. The molecule has 13 heavy (non-hydrogen) atoms. The van der Waals surface area contributed by atoms with Crippen LogP contribution in [0, 0.1) is 17.0 Å². The standard InChI is InChI=1S/C8H9ClN2O2/c1-5-2-6(4-10)8(11(12)13)7(9)3-5/h2-3H,4,10H2,1H3. The third kappa shape index (κ3) is 1.96. The van der Waals surface area contributed by atoms with Crippen LogP contribution < -0.4 is 5.73 Å². The molecule has 4 nitrogen and oxygen atoms in total. The maximum absolute atomic E-state index is 10.6. The maximum atomic E-state index is 10.6. The summed E-state index contributed by atoms with van der Waals surface area (Å²) in [4.78, 5) is 10.1. The van der Waals surface area contributed by atoms with Gasteiger partial charge in [0.25, 0.3) is 5.69 Å². The van der Waals surface area contributed by atoms with Crippen LogP contribution in [0.5, 0.6) is 0 Å². The molecule has 5 heteroatoms. The Morgan fingerprint density at radius 2 is 2.23 bits per heavy atom. The van der Waals surface area contributed by atoms with E-state index in [0.717, 1.165) is 5.56 Å². The lowest BCUT2D eigenvalue weighted by Crippen LogP contribution is -2.02. The summed E-state index contributed by atoms with van der Waals surface area (Å²) in [5, 5.41) is 10.7. The lowest BCUT2D eigenvalue weighted by Gasteiger charge is -2.03. The van der Waals surface area contributed by atoms with Gasteiger partial charge in [-0.25, -0.2) is 0 Å². The third-order valence-corrected chi connectivity index (χ3v) is 1.98. The van der Waals surface area contributed by atoms with Gasteiger partial charge < -0.3 is 5.73 Å². The molecule has 1 aromatic carbocycles. The number of nitro benzene ring substituents is 1. The molecule has 0 unspecified atom stereocenters. The molecule has 0 aliphatic carbocycles. The summed E-state index contributed by atoms with van der Waals surface area (Å²) in [5.41, 5.74) is 6.61. The second-order valence-corrected chi connectivity index (χ2v) is 3.12. The Bertz CT molecular complexity index is 352. The molecule has 0 bridgehead atoms. The molecule has 1 aromatic rings. The normalized spacial score (nSPS) is 10.1. The van der Waals surface area contributed by atoms with Crippen molar-refractivity contribution in [2.75, 3.05) is 0 Å². The van der Waals surface area contributed by atoms with Crippen LogP contribution in [-0.2, 0) is 6.54 Å². The number of aryl methyl sites for hydroxylation is 1. The van der Waals surface area contributed by atoms with Gasteiger partial charge in [0, 0.05) is 12.1 Å². The highest BCUT2D eigenvalue weighted by Gasteiger charge is 2.17. The molecule has 0 atom stereocenters. The Labute approximate surface area is 80.5 Å². The fourth-order valence-electron chi connectivity index (χ4n) is 1.17. The van der Waals surface area contributed by atoms with Crippen molar-refractivity contribution in [3.63, 3.8) is 0 Å². The van der Waals surface area contributed by atoms with Crippen LogP contribution in [0.4, 0.5) is 5.69 Å². The minimum absolute atomic E-state index is 0.0882. The monoisotopic (exact) mass is 200 g/mol. The fraction of sp³-hybridized carbons (Fsp3) is 0.250. The lowest BCUT2D eigenvalue weighted by molar-refractivity contribution is -0.385. The van der Waals surface area contributed by atoms with Gasteiger partial charge in [0.1, 0.15) is 5.02 Å². The molecule has 1 rings (SSSR count). The summed E-state index contributed by atoms with van der Waals surface area (Å²) in [6.45, 7) is 1.94. The molecular weight excluding hydrogens is 192 g/mol. The van der Waals surface area contributed by atoms with Crippen molar-refractivity contribution in [3.05, 3.63) is 38.4 Å². The van der Waals surface area contributed by atoms with Crippen molar-refractivity contribution in [1.29, 1.82) is 0 Å². The van der Waals surface area contributed by atoms with E-state index in [2.05, 4.69) is 0 Å². The van der Waals surface area contributed by atoms with E-state index in [9.17, 15) is 10.1 Å². The smallest absolute Gasteiger partial charge is 0.292 e. The summed E-state index contributed by atoms with van der Waals surface area (Å²) in [6.07, 6.45) is 0. The Balaban J connectivity index is 3.38. The van der Waals surface area contributed by atoms with Crippen molar-refractivity contribution in [2.45, 2.75) is 13.5 Å². The summed E-state index contributed by atoms with van der Waals surface area (Å²) in [5.74, 6) is 0. The van der Waals surface area contributed by atoms with Crippen LogP contribution in [0.1, 0.15) is 11.1 Å². The minimum Gasteiger partial charge on any atom is -0.326 e. The van der Waals surface area contributed by atoms with Gasteiger partial charge in [0.2, 0.25) is 0 Å². The average Bonchev–Trinajstić information content (AvgIpc) is 2.01. The number of hydrogen-bond donors (Lipinski definition) is 1. The number of rotatable bonds is 2. The van der Waals surface area contributed by atoms with Crippen LogP contribution in [0.25, 0.3) is 0 Å². The van der Waals surface area contributed by atoms with E-state index in [4.69, 9.17) is 17.3 Å². The van der Waals surface area contributed by atoms with Crippen molar-refractivity contribution in [2.24, 2.45) is 5.73 Å². The number of hydrogen-bond acceptors (Lipinski definition) is 3. The second-order valence-electron chi connectivity index (χ2n) is 2.72. The van der Waals surface area contributed by atoms with Crippen LogP contribution >= 0.6 is 11.6 Å². The van der Waals surface area contributed by atoms with E-state index < -0.39 is 4.92 Å². The first-order valence-corrected chi connectivity index (χ1v) is 4.07. The second kappa shape index (κ2) is 3.72. The van der Waals surface area contributed by atoms with Crippen LogP contribution in [-0.4, -0.2) is 4.92 Å². The lowest BCUT2D eigenvalue weighted by atomic mass is 10.1. The Morgan fingerprint density at radius 3 is 2.69 bits per heavy atom. The van der Waals surface area contributed by atoms with Gasteiger partial charge in [-0.1, -0.05) is 11.6 Å². The average molecular weight is 201 g/mol. The molecule has 0 aromatic heterocycles. The molecular formula is C8H9ClN2O2. The van der Waals surface area contributed by atoms with Gasteiger partial charge in [0.05, 0.1) is 4.92 Å². The molecule has 2 N–H and O–H groups in total. The first-order chi connectivity index (χ1) is 6.06. The first kappa shape index (κ1) is 9.95. The molecule has 0 aliphatic rings. The molecule has 0 radical (unpaired) electrons. The third-order valence-electron chi connectivity index (χ3n) is 1.69. The summed E-state index contributed by atoms with van der Waals surface area (Å²) >= 11 is 5.71. The number of halogens is 1. The highest BCUT2D eigenvalue weighted by molar-refractivity contribution is 6.32. The van der Waals surface area contributed by atoms with E-state index in [-0.39, 0.29) is 17.3 Å². The number of nitrogens with zero attached hydrogens (tertiary/aromatic N) is 1. The van der Waals surface area contributed by atoms with E-state index in [0.29, 0.717) is 5.56 Å². The zero-order chi connectivity index (χ0) is 10.0. The van der Waals surface area contributed by atoms with Crippen molar-refractivity contribution in [3.8, 4) is 0 Å². The van der Waals surface area contributed by atoms with E-state index in [1.54, 1.807) is 12.1 Å². The van der Waals surface area contributed by atoms with Crippen molar-refractivity contribution < 1.29 is 4.92 Å². The zero-order valence-corrected chi connectivity index (χ0v) is 7.84. The van der Waals surface area contributed by atoms with E-state index in [1.807, 2.05) is 6.92 Å². The minimum atomic E-state index is -0.510. The predicted molar refractivity (Wildman–Crippen MR) is 50.7 cm³/mol. The fourth-order valence-corrected chi connectivity index (χ4v) is 1.53. The molecule has 0 heterocycles. The highest BCUT2D eigenvalue weighted by atomic mass is 35.5. The van der Waals surface area contributed by atoms with Gasteiger partial charge in [-0.2, -0.15) is 0 Å². The first-order valence-electron chi connectivity index (χ1n) is 3.69. The van der Waals surface area contributed by atoms with Gasteiger partial charge in [-0.05, 0) is 24.6 Å². The largest absolute Gasteiger partial charge is 0.326 e. The van der Waals surface area contributed by atoms with Crippen molar-refractivity contribution in [1.82, 2.24) is 0 Å². The zero-order valence-electron chi connectivity index (χ0n) is 7.08. The van der Waals surface area contributed by atoms with Crippen LogP contribution in [0.2, 0.25) is 5.02 Å². The Kier molecular flexibility index (Phi) is 2.85. The molecule has 0 saturated carbocycles. The molecule has 0 saturated heterocycles. The molecule has 0 aliphatic heterocycles. The van der Waals surface area contributed by atoms with Crippen LogP contribution in [0.15, 0.2) is 12.1 Å². The maximum Gasteiger partial charge on any atom is 0.292 e.